The maximum Gasteiger partial charge on any atom is 0.226 e. The number of thiophene rings is 1. The maximum atomic E-state index is 6.06. The van der Waals surface area contributed by atoms with Gasteiger partial charge in [0.1, 0.15) is 10.7 Å². The van der Waals surface area contributed by atoms with Gasteiger partial charge in [0.2, 0.25) is 5.95 Å². The number of aromatic nitrogens is 3. The quantitative estimate of drug-likeness (QED) is 0.320. The summed E-state index contributed by atoms with van der Waals surface area (Å²) in [5.74, 6) is 1.50. The van der Waals surface area contributed by atoms with Crippen molar-refractivity contribution in [2.24, 2.45) is 16.5 Å². The van der Waals surface area contributed by atoms with Crippen LogP contribution in [0.25, 0.3) is 10.2 Å². The number of piperidine rings is 1. The van der Waals surface area contributed by atoms with Gasteiger partial charge in [-0.1, -0.05) is 19.9 Å². The first-order chi connectivity index (χ1) is 16.5. The Labute approximate surface area is 205 Å². The van der Waals surface area contributed by atoms with Gasteiger partial charge < -0.3 is 16.8 Å². The van der Waals surface area contributed by atoms with Crippen LogP contribution in [0.3, 0.4) is 0 Å². The first kappa shape index (κ1) is 24.1. The topological polar surface area (TPSA) is 118 Å². The third-order valence-electron chi connectivity index (χ3n) is 6.31. The van der Waals surface area contributed by atoms with Gasteiger partial charge in [0.25, 0.3) is 0 Å². The van der Waals surface area contributed by atoms with Gasteiger partial charge in [0, 0.05) is 36.6 Å². The molecule has 8 nitrogen and oxygen atoms in total. The summed E-state index contributed by atoms with van der Waals surface area (Å²) in [5.41, 5.74) is 13.5. The lowest BCUT2D eigenvalue weighted by atomic mass is 9.88. The minimum Gasteiger partial charge on any atom is -0.402 e. The van der Waals surface area contributed by atoms with E-state index in [2.05, 4.69) is 46.2 Å². The summed E-state index contributed by atoms with van der Waals surface area (Å²) in [6.07, 6.45) is 7.75. The van der Waals surface area contributed by atoms with E-state index >= 15 is 0 Å². The zero-order valence-electron chi connectivity index (χ0n) is 20.1. The van der Waals surface area contributed by atoms with Gasteiger partial charge in [-0.2, -0.15) is 4.98 Å². The highest BCUT2D eigenvalue weighted by molar-refractivity contribution is 7.16. The van der Waals surface area contributed by atoms with Crippen LogP contribution in [0.2, 0.25) is 0 Å². The van der Waals surface area contributed by atoms with Crippen molar-refractivity contribution < 1.29 is 0 Å². The number of fused-ring (bicyclic) bond motifs is 1. The van der Waals surface area contributed by atoms with Gasteiger partial charge in [0.15, 0.2) is 5.82 Å². The van der Waals surface area contributed by atoms with Crippen molar-refractivity contribution in [1.82, 2.24) is 19.9 Å². The lowest BCUT2D eigenvalue weighted by molar-refractivity contribution is 0.0620. The fourth-order valence-corrected chi connectivity index (χ4v) is 5.50. The van der Waals surface area contributed by atoms with Crippen molar-refractivity contribution in [3.05, 3.63) is 53.3 Å². The molecule has 5 N–H and O–H groups in total. The monoisotopic (exact) mass is 478 g/mol. The molecule has 3 aromatic heterocycles. The zero-order valence-corrected chi connectivity index (χ0v) is 20.9. The summed E-state index contributed by atoms with van der Waals surface area (Å²) in [6, 6.07) is 9.34. The van der Waals surface area contributed by atoms with Crippen LogP contribution in [0.15, 0.2) is 52.6 Å². The minimum absolute atomic E-state index is 0.285. The second-order valence-electron chi connectivity index (χ2n) is 8.87. The van der Waals surface area contributed by atoms with Crippen molar-refractivity contribution in [3.63, 3.8) is 0 Å². The number of allylic oxidation sites excluding steroid dienone is 1. The molecule has 34 heavy (non-hydrogen) atoms. The van der Waals surface area contributed by atoms with E-state index < -0.39 is 0 Å². The number of rotatable bonds is 8. The molecule has 4 rings (SSSR count). The molecule has 1 aliphatic heterocycles. The Morgan fingerprint density at radius 2 is 1.94 bits per heavy atom. The number of nitrogens with two attached hydrogens (primary N) is 2. The Morgan fingerprint density at radius 3 is 2.59 bits per heavy atom. The maximum absolute atomic E-state index is 6.06. The van der Waals surface area contributed by atoms with Crippen molar-refractivity contribution in [2.45, 2.75) is 71.1 Å². The van der Waals surface area contributed by atoms with E-state index in [1.165, 1.54) is 0 Å². The van der Waals surface area contributed by atoms with Crippen LogP contribution in [-0.4, -0.2) is 43.8 Å². The SMILES string of the molecule is CCC1CC(Nc2nc(N=C(N)/C=C(/C)N)c3ccsc3n2)CC(CC)N1Cc1ccccn1. The molecule has 3 aromatic rings. The Bertz CT molecular complexity index is 1140. The molecule has 0 radical (unpaired) electrons. The molecule has 2 unspecified atom stereocenters. The molecule has 0 saturated carbocycles. The standard InChI is InChI=1S/C25H34N8S/c1-4-19-13-18(14-20(5-2)33(19)15-17-8-6-7-10-28-17)29-25-31-23(30-22(27)12-16(3)26)21-9-11-34-24(21)32-25/h6-12,18-20H,4-5,13-15,26H2,1-3H3,(H3,27,29,30,31,32)/b16-12-. The van der Waals surface area contributed by atoms with Crippen LogP contribution in [0.4, 0.5) is 11.8 Å². The molecular formula is C25H34N8S. The van der Waals surface area contributed by atoms with E-state index in [-0.39, 0.29) is 6.04 Å². The summed E-state index contributed by atoms with van der Waals surface area (Å²) in [5, 5.41) is 6.51. The summed E-state index contributed by atoms with van der Waals surface area (Å²) in [4.78, 5) is 22.1. The average Bonchev–Trinajstić information content (AvgIpc) is 3.29. The highest BCUT2D eigenvalue weighted by Crippen LogP contribution is 2.32. The van der Waals surface area contributed by atoms with Gasteiger partial charge in [-0.05, 0) is 62.3 Å². The van der Waals surface area contributed by atoms with Crippen LogP contribution >= 0.6 is 11.3 Å². The number of pyridine rings is 1. The summed E-state index contributed by atoms with van der Waals surface area (Å²) in [6.45, 7) is 7.20. The number of anilines is 1. The zero-order chi connectivity index (χ0) is 24.1. The molecule has 1 aliphatic rings. The fourth-order valence-electron chi connectivity index (χ4n) is 4.74. The fraction of sp³-hybridized carbons (Fsp3) is 0.440. The molecule has 1 fully saturated rings. The number of hydrogen-bond donors (Lipinski definition) is 3. The van der Waals surface area contributed by atoms with Crippen molar-refractivity contribution >= 4 is 39.2 Å². The number of aliphatic imine (C=N–C) groups is 1. The minimum atomic E-state index is 0.285. The first-order valence-electron chi connectivity index (χ1n) is 11.9. The summed E-state index contributed by atoms with van der Waals surface area (Å²) < 4.78 is 0. The van der Waals surface area contributed by atoms with E-state index in [1.54, 1.807) is 24.3 Å². The highest BCUT2D eigenvalue weighted by Gasteiger charge is 2.34. The molecule has 1 saturated heterocycles. The summed E-state index contributed by atoms with van der Waals surface area (Å²) >= 11 is 1.57. The second kappa shape index (κ2) is 10.9. The lowest BCUT2D eigenvalue weighted by Gasteiger charge is -2.45. The van der Waals surface area contributed by atoms with Crippen LogP contribution in [-0.2, 0) is 6.54 Å². The molecule has 0 bridgehead atoms. The van der Waals surface area contributed by atoms with Crippen LogP contribution < -0.4 is 16.8 Å². The van der Waals surface area contributed by atoms with Crippen molar-refractivity contribution in [1.29, 1.82) is 0 Å². The molecule has 0 spiro atoms. The number of nitrogens with one attached hydrogen (secondary N) is 1. The molecule has 2 atom stereocenters. The highest BCUT2D eigenvalue weighted by atomic mass is 32.1. The average molecular weight is 479 g/mol. The Morgan fingerprint density at radius 1 is 1.18 bits per heavy atom. The molecule has 4 heterocycles. The van der Waals surface area contributed by atoms with Gasteiger partial charge in [-0.15, -0.1) is 11.3 Å². The molecule has 9 heteroatoms. The van der Waals surface area contributed by atoms with Crippen LogP contribution in [0.1, 0.15) is 52.1 Å². The van der Waals surface area contributed by atoms with Gasteiger partial charge in [0.05, 0.1) is 11.1 Å². The predicted octanol–water partition coefficient (Wildman–Crippen LogP) is 4.57. The molecule has 0 aromatic carbocycles. The number of hydrogen-bond acceptors (Lipinski definition) is 8. The molecule has 0 amide bonds. The number of nitrogens with zero attached hydrogens (tertiary/aromatic N) is 5. The van der Waals surface area contributed by atoms with E-state index in [9.17, 15) is 0 Å². The normalized spacial score (nSPS) is 22.3. The van der Waals surface area contributed by atoms with Crippen LogP contribution in [0.5, 0.6) is 0 Å². The molecular weight excluding hydrogens is 444 g/mol. The smallest absolute Gasteiger partial charge is 0.226 e. The Balaban J connectivity index is 1.55. The first-order valence-corrected chi connectivity index (χ1v) is 12.8. The predicted molar refractivity (Wildman–Crippen MR) is 141 cm³/mol. The van der Waals surface area contributed by atoms with Gasteiger partial charge in [-0.25, -0.2) is 9.98 Å². The second-order valence-corrected chi connectivity index (χ2v) is 9.76. The third-order valence-corrected chi connectivity index (χ3v) is 7.12. The lowest BCUT2D eigenvalue weighted by Crippen LogP contribution is -2.51. The Hall–Kier alpha value is -3.04. The summed E-state index contributed by atoms with van der Waals surface area (Å²) in [7, 11) is 0. The van der Waals surface area contributed by atoms with E-state index in [0.29, 0.717) is 35.4 Å². The van der Waals surface area contributed by atoms with Crippen molar-refractivity contribution in [3.8, 4) is 0 Å². The van der Waals surface area contributed by atoms with Crippen LogP contribution in [0, 0.1) is 0 Å². The molecule has 0 aliphatic carbocycles. The Kier molecular flexibility index (Phi) is 7.74. The third kappa shape index (κ3) is 5.71. The van der Waals surface area contributed by atoms with Gasteiger partial charge >= 0.3 is 0 Å². The molecule has 180 valence electrons. The van der Waals surface area contributed by atoms with E-state index in [1.807, 2.05) is 23.7 Å². The number of amidine groups is 1. The van der Waals surface area contributed by atoms with E-state index in [4.69, 9.17) is 21.4 Å². The van der Waals surface area contributed by atoms with E-state index in [0.717, 1.165) is 48.1 Å². The number of likely N-dealkylation sites (tertiary alicyclic amines) is 1. The largest absolute Gasteiger partial charge is 0.402 e. The van der Waals surface area contributed by atoms with Gasteiger partial charge in [-0.3, -0.25) is 9.88 Å². The van der Waals surface area contributed by atoms with Crippen molar-refractivity contribution in [2.75, 3.05) is 5.32 Å².